The molecule has 1 amide bonds. The van der Waals surface area contributed by atoms with Gasteiger partial charge in [0.2, 0.25) is 5.91 Å². The van der Waals surface area contributed by atoms with Gasteiger partial charge < -0.3 is 10.0 Å². The molecule has 1 heterocycles. The summed E-state index contributed by atoms with van der Waals surface area (Å²) in [6.45, 7) is 1.18. The number of piperidine rings is 1. The molecule has 1 saturated heterocycles. The van der Waals surface area contributed by atoms with Gasteiger partial charge in [-0.05, 0) is 44.4 Å². The first-order valence-corrected chi connectivity index (χ1v) is 7.23. The van der Waals surface area contributed by atoms with E-state index in [1.54, 1.807) is 0 Å². The van der Waals surface area contributed by atoms with E-state index in [4.69, 9.17) is 5.11 Å². The van der Waals surface area contributed by atoms with Crippen LogP contribution in [0.15, 0.2) is 0 Å². The number of hydrogen-bond donors (Lipinski definition) is 1. The highest BCUT2D eigenvalue weighted by Crippen LogP contribution is 2.35. The Kier molecular flexibility index (Phi) is 4.84. The number of likely N-dealkylation sites (tertiary alicyclic amines) is 1. The molecule has 0 aromatic rings. The van der Waals surface area contributed by atoms with Crippen molar-refractivity contribution in [3.63, 3.8) is 0 Å². The molecular formula is C14H25NO2. The summed E-state index contributed by atoms with van der Waals surface area (Å²) in [7, 11) is 0. The van der Waals surface area contributed by atoms with Gasteiger partial charge in [-0.3, -0.25) is 4.79 Å². The molecule has 0 aromatic carbocycles. The average molecular weight is 239 g/mol. The van der Waals surface area contributed by atoms with Crippen LogP contribution in [0.3, 0.4) is 0 Å². The van der Waals surface area contributed by atoms with E-state index in [2.05, 4.69) is 4.90 Å². The van der Waals surface area contributed by atoms with Crippen LogP contribution in [0.1, 0.15) is 57.8 Å². The Hall–Kier alpha value is -0.570. The molecule has 98 valence electrons. The Balaban J connectivity index is 1.87. The maximum Gasteiger partial charge on any atom is 0.222 e. The second kappa shape index (κ2) is 6.39. The van der Waals surface area contributed by atoms with E-state index in [-0.39, 0.29) is 6.61 Å². The van der Waals surface area contributed by atoms with Gasteiger partial charge in [-0.1, -0.05) is 12.8 Å². The first kappa shape index (κ1) is 12.9. The molecule has 0 spiro atoms. The highest BCUT2D eigenvalue weighted by Gasteiger charge is 2.35. The van der Waals surface area contributed by atoms with Crippen molar-refractivity contribution in [3.8, 4) is 0 Å². The summed E-state index contributed by atoms with van der Waals surface area (Å²) in [5, 5.41) is 8.75. The third kappa shape index (κ3) is 3.21. The van der Waals surface area contributed by atoms with Crippen LogP contribution in [0.2, 0.25) is 0 Å². The summed E-state index contributed by atoms with van der Waals surface area (Å²) in [6, 6.07) is 0.541. The van der Waals surface area contributed by atoms with E-state index in [0.717, 1.165) is 25.3 Å². The number of fused-ring (bicyclic) bond motifs is 1. The minimum atomic E-state index is 0.208. The second-order valence-corrected chi connectivity index (χ2v) is 5.52. The van der Waals surface area contributed by atoms with E-state index in [0.29, 0.717) is 18.4 Å². The zero-order chi connectivity index (χ0) is 12.1. The average Bonchev–Trinajstić information content (AvgIpc) is 2.38. The molecular weight excluding hydrogens is 214 g/mol. The van der Waals surface area contributed by atoms with E-state index < -0.39 is 0 Å². The molecule has 0 unspecified atom stereocenters. The van der Waals surface area contributed by atoms with E-state index >= 15 is 0 Å². The fourth-order valence-electron chi connectivity index (χ4n) is 3.47. The molecule has 0 aromatic heterocycles. The predicted octanol–water partition coefficient (Wildman–Crippen LogP) is 2.33. The number of aliphatic hydroxyl groups excluding tert-OH is 1. The van der Waals surface area contributed by atoms with E-state index in [9.17, 15) is 4.79 Å². The lowest BCUT2D eigenvalue weighted by atomic mass is 9.78. The Bertz CT molecular complexity index is 253. The van der Waals surface area contributed by atoms with Crippen LogP contribution < -0.4 is 0 Å². The van der Waals surface area contributed by atoms with Crippen molar-refractivity contribution >= 4 is 5.91 Å². The van der Waals surface area contributed by atoms with Gasteiger partial charge in [0, 0.05) is 25.6 Å². The summed E-state index contributed by atoms with van der Waals surface area (Å²) in [5.41, 5.74) is 0. The third-order valence-corrected chi connectivity index (χ3v) is 4.36. The zero-order valence-corrected chi connectivity index (χ0v) is 10.7. The minimum absolute atomic E-state index is 0.208. The molecule has 2 atom stereocenters. The number of carbonyl (C=O) groups is 1. The normalized spacial score (nSPS) is 28.9. The highest BCUT2D eigenvalue weighted by atomic mass is 16.3. The Morgan fingerprint density at radius 1 is 1.12 bits per heavy atom. The molecule has 2 fully saturated rings. The fraction of sp³-hybridized carbons (Fsp3) is 0.929. The van der Waals surface area contributed by atoms with Gasteiger partial charge in [0.1, 0.15) is 0 Å². The van der Waals surface area contributed by atoms with Crippen molar-refractivity contribution in [2.24, 2.45) is 5.92 Å². The van der Waals surface area contributed by atoms with Crippen molar-refractivity contribution in [1.82, 2.24) is 4.90 Å². The topological polar surface area (TPSA) is 40.5 Å². The SMILES string of the molecule is O=C(CCCCO)N1CCC[C@H]2CCCC[C@H]21. The number of nitrogens with zero attached hydrogens (tertiary/aromatic N) is 1. The molecule has 3 nitrogen and oxygen atoms in total. The van der Waals surface area contributed by atoms with Crippen LogP contribution >= 0.6 is 0 Å². The van der Waals surface area contributed by atoms with Crippen molar-refractivity contribution in [2.75, 3.05) is 13.2 Å². The number of amides is 1. The first-order chi connectivity index (χ1) is 8.33. The molecule has 17 heavy (non-hydrogen) atoms. The highest BCUT2D eigenvalue weighted by molar-refractivity contribution is 5.76. The summed E-state index contributed by atoms with van der Waals surface area (Å²) in [4.78, 5) is 14.3. The van der Waals surface area contributed by atoms with Crippen molar-refractivity contribution in [1.29, 1.82) is 0 Å². The molecule has 0 bridgehead atoms. The van der Waals surface area contributed by atoms with Crippen LogP contribution in [0, 0.1) is 5.92 Å². The van der Waals surface area contributed by atoms with Crippen molar-refractivity contribution in [2.45, 2.75) is 63.8 Å². The van der Waals surface area contributed by atoms with Gasteiger partial charge in [-0.15, -0.1) is 0 Å². The van der Waals surface area contributed by atoms with E-state index in [1.165, 1.54) is 38.5 Å². The maximum absolute atomic E-state index is 12.2. The van der Waals surface area contributed by atoms with Gasteiger partial charge in [-0.25, -0.2) is 0 Å². The minimum Gasteiger partial charge on any atom is -0.396 e. The molecule has 1 aliphatic heterocycles. The number of hydrogen-bond acceptors (Lipinski definition) is 2. The first-order valence-electron chi connectivity index (χ1n) is 7.23. The van der Waals surface area contributed by atoms with Crippen LogP contribution in [0.25, 0.3) is 0 Å². The van der Waals surface area contributed by atoms with Crippen LogP contribution in [0.4, 0.5) is 0 Å². The molecule has 0 radical (unpaired) electrons. The monoisotopic (exact) mass is 239 g/mol. The fourth-order valence-corrected chi connectivity index (χ4v) is 3.47. The summed E-state index contributed by atoms with van der Waals surface area (Å²) >= 11 is 0. The lowest BCUT2D eigenvalue weighted by Crippen LogP contribution is -2.49. The maximum atomic E-state index is 12.2. The van der Waals surface area contributed by atoms with Crippen LogP contribution in [-0.2, 0) is 4.79 Å². The predicted molar refractivity (Wildman–Crippen MR) is 67.6 cm³/mol. The number of unbranched alkanes of at least 4 members (excludes halogenated alkanes) is 1. The smallest absolute Gasteiger partial charge is 0.222 e. The Labute approximate surface area is 104 Å². The summed E-state index contributed by atoms with van der Waals surface area (Å²) in [6.07, 6.45) is 9.93. The van der Waals surface area contributed by atoms with Crippen LogP contribution in [0.5, 0.6) is 0 Å². The van der Waals surface area contributed by atoms with Gasteiger partial charge in [0.25, 0.3) is 0 Å². The largest absolute Gasteiger partial charge is 0.396 e. The van der Waals surface area contributed by atoms with Crippen molar-refractivity contribution < 1.29 is 9.90 Å². The molecule has 1 N–H and O–H groups in total. The summed E-state index contributed by atoms with van der Waals surface area (Å²) in [5.74, 6) is 1.11. The summed E-state index contributed by atoms with van der Waals surface area (Å²) < 4.78 is 0. The number of rotatable bonds is 4. The molecule has 2 rings (SSSR count). The second-order valence-electron chi connectivity index (χ2n) is 5.52. The Morgan fingerprint density at radius 3 is 2.71 bits per heavy atom. The van der Waals surface area contributed by atoms with Crippen LogP contribution in [-0.4, -0.2) is 35.1 Å². The van der Waals surface area contributed by atoms with Gasteiger partial charge in [0.15, 0.2) is 0 Å². The van der Waals surface area contributed by atoms with Gasteiger partial charge >= 0.3 is 0 Å². The van der Waals surface area contributed by atoms with Gasteiger partial charge in [-0.2, -0.15) is 0 Å². The molecule has 3 heteroatoms. The Morgan fingerprint density at radius 2 is 1.88 bits per heavy atom. The molecule has 1 aliphatic carbocycles. The lowest BCUT2D eigenvalue weighted by molar-refractivity contribution is -0.137. The van der Waals surface area contributed by atoms with Gasteiger partial charge in [0.05, 0.1) is 0 Å². The van der Waals surface area contributed by atoms with Crippen molar-refractivity contribution in [3.05, 3.63) is 0 Å². The standard InChI is InChI=1S/C14H25NO2/c16-11-4-3-9-14(17)15-10-5-7-12-6-1-2-8-13(12)15/h12-13,16H,1-11H2/t12-,13-/m1/s1. The molecule has 2 aliphatic rings. The third-order valence-electron chi connectivity index (χ3n) is 4.36. The lowest BCUT2D eigenvalue weighted by Gasteiger charge is -2.44. The molecule has 1 saturated carbocycles. The zero-order valence-electron chi connectivity index (χ0n) is 10.7. The number of aliphatic hydroxyl groups is 1. The number of carbonyl (C=O) groups excluding carboxylic acids is 1. The quantitative estimate of drug-likeness (QED) is 0.765. The van der Waals surface area contributed by atoms with E-state index in [1.807, 2.05) is 0 Å².